The van der Waals surface area contributed by atoms with Crippen molar-refractivity contribution in [3.05, 3.63) is 0 Å². The highest BCUT2D eigenvalue weighted by molar-refractivity contribution is 4.99. The highest BCUT2D eigenvalue weighted by Crippen LogP contribution is 2.37. The molecular formula is C11H20N2O. The monoisotopic (exact) mass is 196 g/mol. The summed E-state index contributed by atoms with van der Waals surface area (Å²) in [6.45, 7) is 8.78. The maximum Gasteiger partial charge on any atom is 0.286 e. The van der Waals surface area contributed by atoms with E-state index in [0.29, 0.717) is 0 Å². The van der Waals surface area contributed by atoms with E-state index in [1.165, 1.54) is 0 Å². The molecule has 3 heteroatoms. The number of ether oxygens (including phenoxy) is 1. The molecule has 0 aromatic carbocycles. The van der Waals surface area contributed by atoms with Gasteiger partial charge in [-0.3, -0.25) is 4.90 Å². The Balaban J connectivity index is 2.81. The predicted molar refractivity (Wildman–Crippen MR) is 55.6 cm³/mol. The van der Waals surface area contributed by atoms with Gasteiger partial charge in [0.2, 0.25) is 0 Å². The van der Waals surface area contributed by atoms with E-state index in [0.717, 1.165) is 12.8 Å². The van der Waals surface area contributed by atoms with Gasteiger partial charge < -0.3 is 4.74 Å². The second kappa shape index (κ2) is 3.43. The van der Waals surface area contributed by atoms with Crippen LogP contribution in [0.15, 0.2) is 0 Å². The Morgan fingerprint density at radius 2 is 1.64 bits per heavy atom. The van der Waals surface area contributed by atoms with Crippen LogP contribution in [-0.2, 0) is 4.74 Å². The van der Waals surface area contributed by atoms with E-state index >= 15 is 0 Å². The lowest BCUT2D eigenvalue weighted by molar-refractivity contribution is -0.0647. The van der Waals surface area contributed by atoms with Gasteiger partial charge in [0, 0.05) is 23.9 Å². The molecule has 0 bridgehead atoms. The lowest BCUT2D eigenvalue weighted by atomic mass is 9.79. The Morgan fingerprint density at radius 3 is 2.00 bits per heavy atom. The number of hydrogen-bond acceptors (Lipinski definition) is 3. The van der Waals surface area contributed by atoms with E-state index in [1.54, 1.807) is 0 Å². The lowest BCUT2D eigenvalue weighted by Gasteiger charge is -2.52. The van der Waals surface area contributed by atoms with Gasteiger partial charge in [-0.25, -0.2) is 0 Å². The molecule has 0 radical (unpaired) electrons. The molecule has 0 N–H and O–H groups in total. The molecule has 0 saturated carbocycles. The summed E-state index contributed by atoms with van der Waals surface area (Å²) in [5.74, 6) is 0. The Morgan fingerprint density at radius 1 is 1.21 bits per heavy atom. The summed E-state index contributed by atoms with van der Waals surface area (Å²) < 4.78 is 5.08. The van der Waals surface area contributed by atoms with E-state index in [1.807, 2.05) is 6.26 Å². The summed E-state index contributed by atoms with van der Waals surface area (Å²) in [6.07, 6.45) is 3.71. The van der Waals surface area contributed by atoms with Gasteiger partial charge in [0.1, 0.15) is 6.10 Å². The van der Waals surface area contributed by atoms with Crippen molar-refractivity contribution < 1.29 is 4.74 Å². The van der Waals surface area contributed by atoms with Crippen LogP contribution >= 0.6 is 0 Å². The number of piperidine rings is 1. The summed E-state index contributed by atoms with van der Waals surface area (Å²) in [7, 11) is 2.14. The molecule has 0 aromatic rings. The predicted octanol–water partition coefficient (Wildman–Crippen LogP) is 2.14. The van der Waals surface area contributed by atoms with Crippen LogP contribution in [0.1, 0.15) is 40.5 Å². The van der Waals surface area contributed by atoms with Crippen molar-refractivity contribution in [2.75, 3.05) is 7.05 Å². The Kier molecular flexibility index (Phi) is 2.78. The smallest absolute Gasteiger partial charge is 0.286 e. The van der Waals surface area contributed by atoms with Gasteiger partial charge >= 0.3 is 0 Å². The molecule has 1 heterocycles. The van der Waals surface area contributed by atoms with Gasteiger partial charge in [-0.15, -0.1) is 0 Å². The molecule has 0 aliphatic carbocycles. The molecule has 0 atom stereocenters. The standard InChI is InChI=1S/C11H20N2O/c1-10(2)6-9(14-8-12)7-11(3,4)13(10)5/h9H,6-7H2,1-5H3. The van der Waals surface area contributed by atoms with Gasteiger partial charge in [-0.1, -0.05) is 0 Å². The van der Waals surface area contributed by atoms with Crippen LogP contribution in [0.4, 0.5) is 0 Å². The van der Waals surface area contributed by atoms with Crippen LogP contribution < -0.4 is 0 Å². The minimum absolute atomic E-state index is 0.0706. The normalized spacial score (nSPS) is 26.9. The maximum absolute atomic E-state index is 8.54. The average Bonchev–Trinajstić information content (AvgIpc) is 1.99. The number of nitriles is 1. The fourth-order valence-corrected chi connectivity index (χ4v) is 2.44. The van der Waals surface area contributed by atoms with Crippen molar-refractivity contribution in [3.8, 4) is 6.26 Å². The first-order valence-electron chi connectivity index (χ1n) is 5.08. The maximum atomic E-state index is 8.54. The largest absolute Gasteiger partial charge is 0.424 e. The first kappa shape index (κ1) is 11.3. The van der Waals surface area contributed by atoms with E-state index in [4.69, 9.17) is 10.00 Å². The summed E-state index contributed by atoms with van der Waals surface area (Å²) >= 11 is 0. The molecule has 1 saturated heterocycles. The van der Waals surface area contributed by atoms with Crippen molar-refractivity contribution in [2.24, 2.45) is 0 Å². The summed E-state index contributed by atoms with van der Waals surface area (Å²) in [6, 6.07) is 0. The Bertz CT molecular complexity index is 235. The van der Waals surface area contributed by atoms with Crippen LogP contribution in [0.25, 0.3) is 0 Å². The van der Waals surface area contributed by atoms with Crippen LogP contribution in [0.3, 0.4) is 0 Å². The second-order valence-corrected chi connectivity index (χ2v) is 5.42. The molecule has 1 aliphatic rings. The highest BCUT2D eigenvalue weighted by Gasteiger charge is 2.43. The Hall–Kier alpha value is -0.750. The van der Waals surface area contributed by atoms with Gasteiger partial charge in [-0.05, 0) is 34.7 Å². The van der Waals surface area contributed by atoms with Gasteiger partial charge in [0.05, 0.1) is 0 Å². The highest BCUT2D eigenvalue weighted by atomic mass is 16.5. The van der Waals surface area contributed by atoms with Crippen LogP contribution in [0.2, 0.25) is 0 Å². The Labute approximate surface area is 86.6 Å². The van der Waals surface area contributed by atoms with Crippen LogP contribution in [0.5, 0.6) is 0 Å². The minimum Gasteiger partial charge on any atom is -0.424 e. The summed E-state index contributed by atoms with van der Waals surface area (Å²) in [4.78, 5) is 2.37. The average molecular weight is 196 g/mol. The van der Waals surface area contributed by atoms with Crippen molar-refractivity contribution in [1.82, 2.24) is 4.90 Å². The third kappa shape index (κ3) is 2.01. The number of likely N-dealkylation sites (tertiary alicyclic amines) is 1. The molecule has 1 fully saturated rings. The lowest BCUT2D eigenvalue weighted by Crippen LogP contribution is -2.60. The molecule has 0 unspecified atom stereocenters. The van der Waals surface area contributed by atoms with Crippen molar-refractivity contribution in [3.63, 3.8) is 0 Å². The van der Waals surface area contributed by atoms with E-state index < -0.39 is 0 Å². The van der Waals surface area contributed by atoms with E-state index in [9.17, 15) is 0 Å². The third-order valence-corrected chi connectivity index (χ3v) is 3.49. The number of rotatable bonds is 1. The first-order valence-corrected chi connectivity index (χ1v) is 5.08. The SMILES string of the molecule is CN1C(C)(C)CC(OC#N)CC1(C)C. The van der Waals surface area contributed by atoms with Crippen LogP contribution in [-0.4, -0.2) is 29.1 Å². The fourth-order valence-electron chi connectivity index (χ4n) is 2.44. The number of nitrogens with zero attached hydrogens (tertiary/aromatic N) is 2. The molecule has 0 amide bonds. The molecular weight excluding hydrogens is 176 g/mol. The topological polar surface area (TPSA) is 36.3 Å². The molecule has 1 aliphatic heterocycles. The van der Waals surface area contributed by atoms with E-state index in [2.05, 4.69) is 39.6 Å². The van der Waals surface area contributed by atoms with Crippen molar-refractivity contribution >= 4 is 0 Å². The summed E-state index contributed by atoms with van der Waals surface area (Å²) in [5, 5.41) is 8.54. The van der Waals surface area contributed by atoms with Crippen molar-refractivity contribution in [2.45, 2.75) is 57.7 Å². The molecule has 80 valence electrons. The molecule has 0 aromatic heterocycles. The summed E-state index contributed by atoms with van der Waals surface area (Å²) in [5.41, 5.74) is 0.201. The zero-order chi connectivity index (χ0) is 11.0. The number of hydrogen-bond donors (Lipinski definition) is 0. The van der Waals surface area contributed by atoms with Gasteiger partial charge in [-0.2, -0.15) is 5.26 Å². The molecule has 14 heavy (non-hydrogen) atoms. The third-order valence-electron chi connectivity index (χ3n) is 3.49. The zero-order valence-corrected chi connectivity index (χ0v) is 9.79. The molecule has 0 spiro atoms. The van der Waals surface area contributed by atoms with Gasteiger partial charge in [0.25, 0.3) is 6.26 Å². The molecule has 3 nitrogen and oxygen atoms in total. The zero-order valence-electron chi connectivity index (χ0n) is 9.79. The molecule has 1 rings (SSSR count). The first-order chi connectivity index (χ1) is 6.29. The quantitative estimate of drug-likeness (QED) is 0.603. The van der Waals surface area contributed by atoms with Crippen molar-refractivity contribution in [1.29, 1.82) is 5.26 Å². The van der Waals surface area contributed by atoms with Gasteiger partial charge in [0.15, 0.2) is 0 Å². The fraction of sp³-hybridized carbons (Fsp3) is 0.909. The minimum atomic E-state index is 0.0706. The van der Waals surface area contributed by atoms with Crippen LogP contribution in [0, 0.1) is 11.5 Å². The van der Waals surface area contributed by atoms with E-state index in [-0.39, 0.29) is 17.2 Å². The second-order valence-electron chi connectivity index (χ2n) is 5.42.